The van der Waals surface area contributed by atoms with Crippen LogP contribution >= 0.6 is 0 Å². The molecule has 0 unspecified atom stereocenters. The average Bonchev–Trinajstić information content (AvgIpc) is 2.95. The number of aromatic nitrogens is 3. The van der Waals surface area contributed by atoms with Crippen molar-refractivity contribution in [1.82, 2.24) is 25.4 Å². The molecule has 7 heteroatoms. The highest BCUT2D eigenvalue weighted by Gasteiger charge is 2.07. The van der Waals surface area contributed by atoms with Gasteiger partial charge in [-0.25, -0.2) is 4.99 Å². The van der Waals surface area contributed by atoms with E-state index in [9.17, 15) is 0 Å². The molecular weight excluding hydrogens is 326 g/mol. The van der Waals surface area contributed by atoms with Gasteiger partial charge in [0.05, 0.1) is 0 Å². The number of nitrogens with zero attached hydrogens (tertiary/aromatic N) is 5. The van der Waals surface area contributed by atoms with E-state index in [1.165, 1.54) is 11.3 Å². The van der Waals surface area contributed by atoms with Crippen molar-refractivity contribution in [2.75, 3.05) is 31.1 Å². The Morgan fingerprint density at radius 1 is 1.19 bits per heavy atom. The fourth-order valence-corrected chi connectivity index (χ4v) is 2.68. The maximum atomic E-state index is 4.62. The second-order valence-corrected chi connectivity index (χ2v) is 6.26. The van der Waals surface area contributed by atoms with Crippen molar-refractivity contribution in [3.63, 3.8) is 0 Å². The Hall–Kier alpha value is -2.57. The molecule has 0 amide bonds. The molecule has 142 valence electrons. The summed E-state index contributed by atoms with van der Waals surface area (Å²) < 4.78 is 1.96. The zero-order valence-electron chi connectivity index (χ0n) is 16.6. The van der Waals surface area contributed by atoms with Crippen LogP contribution in [0.2, 0.25) is 0 Å². The van der Waals surface area contributed by atoms with E-state index in [4.69, 9.17) is 0 Å². The van der Waals surface area contributed by atoms with Gasteiger partial charge in [-0.2, -0.15) is 0 Å². The van der Waals surface area contributed by atoms with Crippen LogP contribution < -0.4 is 15.5 Å². The molecule has 0 saturated heterocycles. The number of guanidine groups is 1. The molecule has 2 N–H and O–H groups in total. The monoisotopic (exact) mass is 357 g/mol. The normalized spacial score (nSPS) is 11.5. The number of anilines is 1. The number of nitrogens with one attached hydrogen (secondary N) is 2. The molecule has 2 aromatic rings. The molecule has 26 heavy (non-hydrogen) atoms. The van der Waals surface area contributed by atoms with E-state index in [0.717, 1.165) is 43.8 Å². The lowest BCUT2D eigenvalue weighted by atomic mass is 10.2. The van der Waals surface area contributed by atoms with Gasteiger partial charge in [0.15, 0.2) is 11.8 Å². The first kappa shape index (κ1) is 19.8. The Morgan fingerprint density at radius 3 is 2.62 bits per heavy atom. The molecular formula is C19H31N7. The summed E-state index contributed by atoms with van der Waals surface area (Å²) in [6, 6.07) is 8.61. The van der Waals surface area contributed by atoms with Crippen molar-refractivity contribution in [1.29, 1.82) is 0 Å². The van der Waals surface area contributed by atoms with Crippen molar-refractivity contribution in [3.05, 3.63) is 41.5 Å². The van der Waals surface area contributed by atoms with E-state index in [-0.39, 0.29) is 0 Å². The van der Waals surface area contributed by atoms with E-state index in [0.29, 0.717) is 6.54 Å². The van der Waals surface area contributed by atoms with E-state index < -0.39 is 0 Å². The average molecular weight is 358 g/mol. The van der Waals surface area contributed by atoms with Crippen molar-refractivity contribution in [3.8, 4) is 0 Å². The Balaban J connectivity index is 1.92. The summed E-state index contributed by atoms with van der Waals surface area (Å²) in [5, 5.41) is 14.9. The zero-order chi connectivity index (χ0) is 18.9. The van der Waals surface area contributed by atoms with Gasteiger partial charge in [0.25, 0.3) is 0 Å². The van der Waals surface area contributed by atoms with Crippen molar-refractivity contribution < 1.29 is 0 Å². The Bertz CT molecular complexity index is 720. The number of aryl methyl sites for hydroxylation is 2. The molecule has 0 fully saturated rings. The summed E-state index contributed by atoms with van der Waals surface area (Å²) in [5.41, 5.74) is 2.54. The fourth-order valence-electron chi connectivity index (χ4n) is 2.68. The van der Waals surface area contributed by atoms with Gasteiger partial charge < -0.3 is 20.1 Å². The minimum absolute atomic E-state index is 0.502. The predicted molar refractivity (Wildman–Crippen MR) is 108 cm³/mol. The van der Waals surface area contributed by atoms with Gasteiger partial charge in [-0.3, -0.25) is 0 Å². The van der Waals surface area contributed by atoms with Crippen LogP contribution in [0.25, 0.3) is 0 Å². The van der Waals surface area contributed by atoms with Crippen LogP contribution in [-0.4, -0.2) is 46.9 Å². The van der Waals surface area contributed by atoms with Crippen LogP contribution in [-0.2, 0) is 13.6 Å². The number of hydrogen-bond acceptors (Lipinski definition) is 4. The van der Waals surface area contributed by atoms with Crippen LogP contribution in [0.5, 0.6) is 0 Å². The molecule has 0 aliphatic heterocycles. The molecule has 0 aliphatic carbocycles. The van der Waals surface area contributed by atoms with E-state index >= 15 is 0 Å². The summed E-state index contributed by atoms with van der Waals surface area (Å²) in [4.78, 5) is 6.98. The molecule has 0 atom stereocenters. The lowest BCUT2D eigenvalue weighted by Gasteiger charge is -2.24. The molecule has 0 spiro atoms. The number of benzene rings is 1. The molecule has 2 rings (SSSR count). The summed E-state index contributed by atoms with van der Waals surface area (Å²) in [7, 11) is 1.96. The second kappa shape index (κ2) is 9.79. The minimum Gasteiger partial charge on any atom is -0.370 e. The van der Waals surface area contributed by atoms with Gasteiger partial charge in [-0.1, -0.05) is 12.1 Å². The highest BCUT2D eigenvalue weighted by atomic mass is 15.3. The molecule has 1 heterocycles. The van der Waals surface area contributed by atoms with Crippen molar-refractivity contribution >= 4 is 11.6 Å². The van der Waals surface area contributed by atoms with E-state index in [2.05, 4.69) is 75.8 Å². The SMILES string of the molecule is CCNC(=NCc1nnc(C)n1C)NCCN(CC)c1cccc(C)c1. The highest BCUT2D eigenvalue weighted by molar-refractivity contribution is 5.79. The van der Waals surface area contributed by atoms with E-state index in [1.807, 2.05) is 18.5 Å². The minimum atomic E-state index is 0.502. The number of aliphatic imine (C=N–C) groups is 1. The van der Waals surface area contributed by atoms with Crippen LogP contribution in [0, 0.1) is 13.8 Å². The fraction of sp³-hybridized carbons (Fsp3) is 0.526. The largest absolute Gasteiger partial charge is 0.370 e. The van der Waals surface area contributed by atoms with Gasteiger partial charge >= 0.3 is 0 Å². The van der Waals surface area contributed by atoms with Crippen LogP contribution in [0.1, 0.15) is 31.1 Å². The molecule has 7 nitrogen and oxygen atoms in total. The highest BCUT2D eigenvalue weighted by Crippen LogP contribution is 2.14. The van der Waals surface area contributed by atoms with Gasteiger partial charge in [0, 0.05) is 38.9 Å². The van der Waals surface area contributed by atoms with Crippen molar-refractivity contribution in [2.45, 2.75) is 34.2 Å². The molecule has 1 aromatic carbocycles. The van der Waals surface area contributed by atoms with Crippen molar-refractivity contribution in [2.24, 2.45) is 12.0 Å². The van der Waals surface area contributed by atoms with Gasteiger partial charge in [-0.15, -0.1) is 10.2 Å². The third-order valence-corrected chi connectivity index (χ3v) is 4.33. The topological polar surface area (TPSA) is 70.4 Å². The molecule has 0 bridgehead atoms. The summed E-state index contributed by atoms with van der Waals surface area (Å²) in [6.07, 6.45) is 0. The molecule has 0 aliphatic rings. The standard InChI is InChI=1S/C19H31N7/c1-6-20-19(22-14-18-24-23-16(4)25(18)5)21-11-12-26(7-2)17-10-8-9-15(3)13-17/h8-10,13H,6-7,11-12,14H2,1-5H3,(H2,20,21,22). The van der Waals surface area contributed by atoms with Gasteiger partial charge in [0.2, 0.25) is 0 Å². The number of likely N-dealkylation sites (N-methyl/N-ethyl adjacent to an activating group) is 1. The Kier molecular flexibility index (Phi) is 7.44. The first-order valence-corrected chi connectivity index (χ1v) is 9.23. The summed E-state index contributed by atoms with van der Waals surface area (Å²) in [6.45, 7) is 12.3. The third-order valence-electron chi connectivity index (χ3n) is 4.33. The van der Waals surface area contributed by atoms with E-state index in [1.54, 1.807) is 0 Å². The lowest BCUT2D eigenvalue weighted by molar-refractivity contribution is 0.737. The zero-order valence-corrected chi connectivity index (χ0v) is 16.6. The second-order valence-electron chi connectivity index (χ2n) is 6.26. The smallest absolute Gasteiger partial charge is 0.191 e. The first-order chi connectivity index (χ1) is 12.5. The maximum absolute atomic E-state index is 4.62. The van der Waals surface area contributed by atoms with Crippen LogP contribution in [0.15, 0.2) is 29.3 Å². The van der Waals surface area contributed by atoms with Crippen LogP contribution in [0.3, 0.4) is 0 Å². The summed E-state index contributed by atoms with van der Waals surface area (Å²) >= 11 is 0. The first-order valence-electron chi connectivity index (χ1n) is 9.23. The maximum Gasteiger partial charge on any atom is 0.191 e. The summed E-state index contributed by atoms with van der Waals surface area (Å²) in [5.74, 6) is 2.55. The Morgan fingerprint density at radius 2 is 2.00 bits per heavy atom. The molecule has 1 aromatic heterocycles. The molecule has 0 radical (unpaired) electrons. The Labute approximate surface area is 156 Å². The van der Waals surface area contributed by atoms with Gasteiger partial charge in [-0.05, 0) is 45.4 Å². The van der Waals surface area contributed by atoms with Gasteiger partial charge in [0.1, 0.15) is 12.4 Å². The molecule has 0 saturated carbocycles. The lowest BCUT2D eigenvalue weighted by Crippen LogP contribution is -2.41. The third kappa shape index (κ3) is 5.47. The number of rotatable bonds is 8. The quantitative estimate of drug-likeness (QED) is 0.559. The van der Waals surface area contributed by atoms with Crippen LogP contribution in [0.4, 0.5) is 5.69 Å². The predicted octanol–water partition coefficient (Wildman–Crippen LogP) is 2.01. The number of hydrogen-bond donors (Lipinski definition) is 2.